The molecule has 0 amide bonds. The van der Waals surface area contributed by atoms with Gasteiger partial charge in [-0.05, 0) is 17.7 Å². The molecule has 0 spiro atoms. The van der Waals surface area contributed by atoms with Crippen LogP contribution in [0.5, 0.6) is 0 Å². The standard InChI is InChI=1S/C9H10ClNOS/c10-5-7(12)3-6-1-2-9(13)8(11)4-6/h1-2,4,13H,3,5,11H2. The summed E-state index contributed by atoms with van der Waals surface area (Å²) in [6, 6.07) is 5.34. The Morgan fingerprint density at radius 2 is 2.23 bits per heavy atom. The molecule has 1 rings (SSSR count). The van der Waals surface area contributed by atoms with Crippen LogP contribution in [0.25, 0.3) is 0 Å². The van der Waals surface area contributed by atoms with E-state index in [2.05, 4.69) is 12.6 Å². The number of benzene rings is 1. The molecule has 2 nitrogen and oxygen atoms in total. The number of nitrogens with two attached hydrogens (primary N) is 1. The molecular formula is C9H10ClNOS. The second-order valence-electron chi connectivity index (χ2n) is 2.74. The van der Waals surface area contributed by atoms with Crippen molar-refractivity contribution in [1.29, 1.82) is 0 Å². The molecule has 13 heavy (non-hydrogen) atoms. The van der Waals surface area contributed by atoms with Crippen molar-refractivity contribution in [2.75, 3.05) is 11.6 Å². The summed E-state index contributed by atoms with van der Waals surface area (Å²) in [5.41, 5.74) is 7.08. The number of hydrogen-bond donors (Lipinski definition) is 2. The third kappa shape index (κ3) is 2.94. The fraction of sp³-hybridized carbons (Fsp3) is 0.222. The van der Waals surface area contributed by atoms with Gasteiger partial charge in [-0.3, -0.25) is 4.79 Å². The number of carbonyl (C=O) groups excluding carboxylic acids is 1. The van der Waals surface area contributed by atoms with Crippen molar-refractivity contribution in [2.24, 2.45) is 0 Å². The molecule has 0 saturated carbocycles. The maximum atomic E-state index is 11.0. The molecule has 0 aliphatic carbocycles. The van der Waals surface area contributed by atoms with Crippen molar-refractivity contribution in [3.63, 3.8) is 0 Å². The lowest BCUT2D eigenvalue weighted by molar-refractivity contribution is -0.116. The second-order valence-corrected chi connectivity index (χ2v) is 3.49. The van der Waals surface area contributed by atoms with E-state index in [0.29, 0.717) is 12.1 Å². The molecule has 0 bridgehead atoms. The fourth-order valence-corrected chi connectivity index (χ4v) is 1.22. The van der Waals surface area contributed by atoms with Crippen LogP contribution in [-0.2, 0) is 11.2 Å². The highest BCUT2D eigenvalue weighted by molar-refractivity contribution is 7.80. The van der Waals surface area contributed by atoms with Crippen LogP contribution >= 0.6 is 24.2 Å². The van der Waals surface area contributed by atoms with Crippen LogP contribution in [-0.4, -0.2) is 11.7 Å². The zero-order valence-electron chi connectivity index (χ0n) is 6.96. The minimum Gasteiger partial charge on any atom is -0.398 e. The van der Waals surface area contributed by atoms with Gasteiger partial charge in [-0.2, -0.15) is 0 Å². The monoisotopic (exact) mass is 215 g/mol. The molecule has 1 aromatic carbocycles. The summed E-state index contributed by atoms with van der Waals surface area (Å²) in [6.45, 7) is 0. The Bertz CT molecular complexity index is 327. The number of thiol groups is 1. The first-order valence-corrected chi connectivity index (χ1v) is 4.76. The quantitative estimate of drug-likeness (QED) is 0.460. The Labute approximate surface area is 87.5 Å². The largest absolute Gasteiger partial charge is 0.398 e. The highest BCUT2D eigenvalue weighted by atomic mass is 35.5. The summed E-state index contributed by atoms with van der Waals surface area (Å²) in [5, 5.41) is 0. The maximum absolute atomic E-state index is 11.0. The molecule has 0 atom stereocenters. The number of alkyl halides is 1. The van der Waals surface area contributed by atoms with Gasteiger partial charge in [-0.15, -0.1) is 24.2 Å². The first-order valence-electron chi connectivity index (χ1n) is 3.78. The van der Waals surface area contributed by atoms with Gasteiger partial charge >= 0.3 is 0 Å². The molecule has 2 N–H and O–H groups in total. The summed E-state index contributed by atoms with van der Waals surface area (Å²) >= 11 is 9.50. The molecule has 0 aromatic heterocycles. The van der Waals surface area contributed by atoms with Gasteiger partial charge < -0.3 is 5.73 Å². The van der Waals surface area contributed by atoms with Crippen LogP contribution in [0.15, 0.2) is 23.1 Å². The molecule has 0 radical (unpaired) electrons. The summed E-state index contributed by atoms with van der Waals surface area (Å²) in [7, 11) is 0. The lowest BCUT2D eigenvalue weighted by Crippen LogP contribution is -2.04. The topological polar surface area (TPSA) is 43.1 Å². The number of rotatable bonds is 3. The number of Topliss-reactive ketones (excluding diaryl/α,β-unsaturated/α-hetero) is 1. The van der Waals surface area contributed by atoms with Crippen LogP contribution in [0.3, 0.4) is 0 Å². The summed E-state index contributed by atoms with van der Waals surface area (Å²) in [6.07, 6.45) is 0.335. The van der Waals surface area contributed by atoms with E-state index < -0.39 is 0 Å². The Kier molecular flexibility index (Phi) is 3.63. The van der Waals surface area contributed by atoms with Gasteiger partial charge in [0.25, 0.3) is 0 Å². The van der Waals surface area contributed by atoms with Crippen molar-refractivity contribution in [1.82, 2.24) is 0 Å². The molecule has 4 heteroatoms. The van der Waals surface area contributed by atoms with Crippen molar-refractivity contribution in [3.05, 3.63) is 23.8 Å². The van der Waals surface area contributed by atoms with Crippen LogP contribution in [0.2, 0.25) is 0 Å². The SMILES string of the molecule is Nc1cc(CC(=O)CCl)ccc1S. The van der Waals surface area contributed by atoms with E-state index in [1.807, 2.05) is 6.07 Å². The highest BCUT2D eigenvalue weighted by Gasteiger charge is 2.03. The first-order chi connectivity index (χ1) is 6.13. The third-order valence-corrected chi connectivity index (χ3v) is 2.35. The Balaban J connectivity index is 2.79. The van der Waals surface area contributed by atoms with Gasteiger partial charge in [0.05, 0.1) is 5.88 Å². The molecular weight excluding hydrogens is 206 g/mol. The average Bonchev–Trinajstić information content (AvgIpc) is 2.11. The summed E-state index contributed by atoms with van der Waals surface area (Å²) < 4.78 is 0. The van der Waals surface area contributed by atoms with Crippen molar-refractivity contribution >= 4 is 35.7 Å². The predicted octanol–water partition coefficient (Wildman–Crippen LogP) is 1.91. The van der Waals surface area contributed by atoms with E-state index in [1.54, 1.807) is 12.1 Å². The van der Waals surface area contributed by atoms with Gasteiger partial charge in [-0.25, -0.2) is 0 Å². The Hall–Kier alpha value is -0.670. The van der Waals surface area contributed by atoms with E-state index in [4.69, 9.17) is 17.3 Å². The first kappa shape index (κ1) is 10.4. The summed E-state index contributed by atoms with van der Waals surface area (Å²) in [4.78, 5) is 11.7. The molecule has 0 aliphatic heterocycles. The van der Waals surface area contributed by atoms with E-state index >= 15 is 0 Å². The number of hydrogen-bond acceptors (Lipinski definition) is 3. The third-order valence-electron chi connectivity index (χ3n) is 1.64. The molecule has 0 fully saturated rings. The molecule has 0 heterocycles. The van der Waals surface area contributed by atoms with Crippen LogP contribution in [0.1, 0.15) is 5.56 Å². The minimum atomic E-state index is -0.00650. The number of ketones is 1. The number of nitrogen functional groups attached to an aromatic ring is 1. The van der Waals surface area contributed by atoms with E-state index in [1.165, 1.54) is 0 Å². The summed E-state index contributed by atoms with van der Waals surface area (Å²) in [5.74, 6) is 0.0377. The highest BCUT2D eigenvalue weighted by Crippen LogP contribution is 2.18. The normalized spacial score (nSPS) is 10.0. The van der Waals surface area contributed by atoms with Crippen LogP contribution in [0, 0.1) is 0 Å². The smallest absolute Gasteiger partial charge is 0.151 e. The molecule has 0 aliphatic rings. The zero-order chi connectivity index (χ0) is 9.84. The lowest BCUT2D eigenvalue weighted by atomic mass is 10.1. The predicted molar refractivity (Wildman–Crippen MR) is 57.5 cm³/mol. The number of carbonyl (C=O) groups is 1. The zero-order valence-corrected chi connectivity index (χ0v) is 8.61. The fourth-order valence-electron chi connectivity index (χ4n) is 0.989. The van der Waals surface area contributed by atoms with Crippen molar-refractivity contribution < 1.29 is 4.79 Å². The van der Waals surface area contributed by atoms with Gasteiger partial charge in [0, 0.05) is 17.0 Å². The molecule has 0 unspecified atom stereocenters. The average molecular weight is 216 g/mol. The van der Waals surface area contributed by atoms with E-state index in [9.17, 15) is 4.79 Å². The van der Waals surface area contributed by atoms with Crippen LogP contribution in [0.4, 0.5) is 5.69 Å². The van der Waals surface area contributed by atoms with E-state index in [0.717, 1.165) is 10.5 Å². The lowest BCUT2D eigenvalue weighted by Gasteiger charge is -2.02. The van der Waals surface area contributed by atoms with Crippen molar-refractivity contribution in [3.8, 4) is 0 Å². The van der Waals surface area contributed by atoms with E-state index in [-0.39, 0.29) is 11.7 Å². The second kappa shape index (κ2) is 4.53. The Morgan fingerprint density at radius 1 is 1.54 bits per heavy atom. The van der Waals surface area contributed by atoms with Gasteiger partial charge in [-0.1, -0.05) is 6.07 Å². The maximum Gasteiger partial charge on any atom is 0.151 e. The molecule has 70 valence electrons. The Morgan fingerprint density at radius 3 is 2.77 bits per heavy atom. The minimum absolute atomic E-state index is 0.00650. The van der Waals surface area contributed by atoms with Crippen molar-refractivity contribution in [2.45, 2.75) is 11.3 Å². The van der Waals surface area contributed by atoms with Gasteiger partial charge in [0.15, 0.2) is 5.78 Å². The van der Waals surface area contributed by atoms with Gasteiger partial charge in [0.1, 0.15) is 0 Å². The molecule has 1 aromatic rings. The number of anilines is 1. The number of halogens is 1. The van der Waals surface area contributed by atoms with Crippen LogP contribution < -0.4 is 5.73 Å². The van der Waals surface area contributed by atoms with Gasteiger partial charge in [0.2, 0.25) is 0 Å². The molecule has 0 saturated heterocycles.